The number of hydrogen-bond acceptors (Lipinski definition) is 4. The Morgan fingerprint density at radius 1 is 1.04 bits per heavy atom. The monoisotopic (exact) mass is 381 g/mol. The molecule has 0 aliphatic carbocycles. The molecular weight excluding hydrogens is 354 g/mol. The van der Waals surface area contributed by atoms with E-state index in [4.69, 9.17) is 0 Å². The summed E-state index contributed by atoms with van der Waals surface area (Å²) >= 11 is 0. The van der Waals surface area contributed by atoms with Gasteiger partial charge in [0.1, 0.15) is 0 Å². The number of rotatable bonds is 8. The molecule has 2 N–H and O–H groups in total. The third-order valence-corrected chi connectivity index (χ3v) is 5.24. The Labute approximate surface area is 165 Å². The molecular formula is C22H27N3O3. The molecule has 3 rings (SSSR count). The largest absolute Gasteiger partial charge is 0.481 e. The summed E-state index contributed by atoms with van der Waals surface area (Å²) in [5, 5.41) is 12.4. The van der Waals surface area contributed by atoms with Crippen molar-refractivity contribution < 1.29 is 14.7 Å². The molecule has 1 aromatic heterocycles. The highest BCUT2D eigenvalue weighted by Gasteiger charge is 2.34. The molecule has 1 amide bonds. The number of likely N-dealkylation sites (tertiary alicyclic amines) is 1. The predicted octanol–water partition coefficient (Wildman–Crippen LogP) is 2.35. The summed E-state index contributed by atoms with van der Waals surface area (Å²) in [5.74, 6) is -1.69. The zero-order valence-electron chi connectivity index (χ0n) is 16.0. The second kappa shape index (κ2) is 9.99. The molecule has 1 fully saturated rings. The second-order valence-corrected chi connectivity index (χ2v) is 7.39. The Morgan fingerprint density at radius 3 is 2.46 bits per heavy atom. The van der Waals surface area contributed by atoms with E-state index in [0.29, 0.717) is 26.1 Å². The number of aliphatic carboxylic acids is 1. The molecule has 2 heterocycles. The Hall–Kier alpha value is -2.73. The molecule has 0 radical (unpaired) electrons. The van der Waals surface area contributed by atoms with Gasteiger partial charge in [-0.15, -0.1) is 0 Å². The van der Waals surface area contributed by atoms with E-state index in [1.807, 2.05) is 30.3 Å². The number of aromatic nitrogens is 1. The molecule has 1 aromatic carbocycles. The maximum atomic E-state index is 12.6. The van der Waals surface area contributed by atoms with E-state index in [1.54, 1.807) is 12.4 Å². The smallest absolute Gasteiger partial charge is 0.307 e. The van der Waals surface area contributed by atoms with E-state index < -0.39 is 11.9 Å². The summed E-state index contributed by atoms with van der Waals surface area (Å²) in [6.07, 6.45) is 5.68. The average molecular weight is 381 g/mol. The van der Waals surface area contributed by atoms with Crippen molar-refractivity contribution in [1.82, 2.24) is 15.2 Å². The zero-order chi connectivity index (χ0) is 19.8. The van der Waals surface area contributed by atoms with Gasteiger partial charge in [0.15, 0.2) is 0 Å². The van der Waals surface area contributed by atoms with Gasteiger partial charge in [0.2, 0.25) is 5.91 Å². The molecule has 0 spiro atoms. The van der Waals surface area contributed by atoms with E-state index in [-0.39, 0.29) is 11.8 Å². The Balaban J connectivity index is 1.53. The highest BCUT2D eigenvalue weighted by atomic mass is 16.4. The number of carboxylic acid groups (broad SMARTS) is 1. The lowest BCUT2D eigenvalue weighted by atomic mass is 9.88. The van der Waals surface area contributed by atoms with Crippen LogP contribution in [0.5, 0.6) is 0 Å². The maximum absolute atomic E-state index is 12.6. The summed E-state index contributed by atoms with van der Waals surface area (Å²) in [4.78, 5) is 30.3. The molecule has 1 aliphatic heterocycles. The summed E-state index contributed by atoms with van der Waals surface area (Å²) in [5.41, 5.74) is 2.26. The first-order chi connectivity index (χ1) is 13.6. The minimum Gasteiger partial charge on any atom is -0.481 e. The summed E-state index contributed by atoms with van der Waals surface area (Å²) < 4.78 is 0. The number of piperidine rings is 1. The third-order valence-electron chi connectivity index (χ3n) is 5.24. The van der Waals surface area contributed by atoms with Gasteiger partial charge in [0.25, 0.3) is 0 Å². The van der Waals surface area contributed by atoms with Crippen LogP contribution in [0.1, 0.15) is 24.0 Å². The first-order valence-electron chi connectivity index (χ1n) is 9.77. The standard InChI is InChI=1S/C22H27N3O3/c26-21(24-14-18-8-10-23-11-9-18)19-13-20(22(27)28)16-25(15-19)12-4-7-17-5-2-1-3-6-17/h1-3,5-6,8-11,19-20H,4,7,12-16H2,(H,24,26)(H,27,28)/t19-,20+/m1/s1. The van der Waals surface area contributed by atoms with Crippen LogP contribution >= 0.6 is 0 Å². The van der Waals surface area contributed by atoms with Crippen molar-refractivity contribution in [2.75, 3.05) is 19.6 Å². The molecule has 2 atom stereocenters. The third kappa shape index (κ3) is 5.89. The first-order valence-corrected chi connectivity index (χ1v) is 9.77. The zero-order valence-corrected chi connectivity index (χ0v) is 16.0. The number of amides is 1. The molecule has 0 bridgehead atoms. The van der Waals surface area contributed by atoms with Crippen molar-refractivity contribution >= 4 is 11.9 Å². The van der Waals surface area contributed by atoms with Crippen LogP contribution < -0.4 is 5.32 Å². The van der Waals surface area contributed by atoms with Crippen LogP contribution in [0.2, 0.25) is 0 Å². The molecule has 2 aromatic rings. The average Bonchev–Trinajstić information content (AvgIpc) is 2.73. The van der Waals surface area contributed by atoms with Gasteiger partial charge in [-0.3, -0.25) is 14.6 Å². The second-order valence-electron chi connectivity index (χ2n) is 7.39. The van der Waals surface area contributed by atoms with Gasteiger partial charge < -0.3 is 15.3 Å². The van der Waals surface area contributed by atoms with Crippen molar-refractivity contribution in [3.63, 3.8) is 0 Å². The first kappa shape index (κ1) is 20.0. The predicted molar refractivity (Wildman–Crippen MR) is 107 cm³/mol. The maximum Gasteiger partial charge on any atom is 0.307 e. The number of nitrogens with one attached hydrogen (secondary N) is 1. The molecule has 6 nitrogen and oxygen atoms in total. The molecule has 28 heavy (non-hydrogen) atoms. The highest BCUT2D eigenvalue weighted by Crippen LogP contribution is 2.23. The molecule has 1 saturated heterocycles. The van der Waals surface area contributed by atoms with Crippen molar-refractivity contribution in [2.45, 2.75) is 25.8 Å². The number of carbonyl (C=O) groups is 2. The van der Waals surface area contributed by atoms with Crippen LogP contribution in [0, 0.1) is 11.8 Å². The summed E-state index contributed by atoms with van der Waals surface area (Å²) in [7, 11) is 0. The van der Waals surface area contributed by atoms with Gasteiger partial charge in [-0.1, -0.05) is 30.3 Å². The molecule has 0 unspecified atom stereocenters. The number of carbonyl (C=O) groups excluding carboxylic acids is 1. The van der Waals surface area contributed by atoms with Crippen LogP contribution in [0.15, 0.2) is 54.9 Å². The number of nitrogens with zero attached hydrogens (tertiary/aromatic N) is 2. The van der Waals surface area contributed by atoms with E-state index in [1.165, 1.54) is 5.56 Å². The normalized spacial score (nSPS) is 19.9. The topological polar surface area (TPSA) is 82.5 Å². The van der Waals surface area contributed by atoms with Gasteiger partial charge in [0, 0.05) is 32.0 Å². The SMILES string of the molecule is O=C(O)[C@H]1C[C@@H](C(=O)NCc2ccncc2)CN(CCCc2ccccc2)C1. The quantitative estimate of drug-likeness (QED) is 0.733. The Kier molecular flexibility index (Phi) is 7.14. The lowest BCUT2D eigenvalue weighted by Crippen LogP contribution is -2.48. The lowest BCUT2D eigenvalue weighted by Gasteiger charge is -2.35. The molecule has 1 aliphatic rings. The minimum absolute atomic E-state index is 0.0733. The van der Waals surface area contributed by atoms with Crippen LogP contribution in [-0.4, -0.2) is 46.5 Å². The lowest BCUT2D eigenvalue weighted by molar-refractivity contribution is -0.145. The van der Waals surface area contributed by atoms with E-state index >= 15 is 0 Å². The minimum atomic E-state index is -0.820. The fourth-order valence-electron chi connectivity index (χ4n) is 3.73. The number of pyridine rings is 1. The van der Waals surface area contributed by atoms with Crippen LogP contribution in [0.25, 0.3) is 0 Å². The highest BCUT2D eigenvalue weighted by molar-refractivity contribution is 5.80. The van der Waals surface area contributed by atoms with Crippen molar-refractivity contribution in [3.05, 3.63) is 66.0 Å². The van der Waals surface area contributed by atoms with Gasteiger partial charge in [-0.05, 0) is 49.1 Å². The fraction of sp³-hybridized carbons (Fsp3) is 0.409. The van der Waals surface area contributed by atoms with Crippen molar-refractivity contribution in [2.24, 2.45) is 11.8 Å². The Bertz CT molecular complexity index is 767. The van der Waals surface area contributed by atoms with Crippen LogP contribution in [0.4, 0.5) is 0 Å². The van der Waals surface area contributed by atoms with E-state index in [0.717, 1.165) is 24.9 Å². The van der Waals surface area contributed by atoms with Gasteiger partial charge >= 0.3 is 5.97 Å². The van der Waals surface area contributed by atoms with Gasteiger partial charge in [0.05, 0.1) is 11.8 Å². The van der Waals surface area contributed by atoms with Crippen LogP contribution in [-0.2, 0) is 22.6 Å². The van der Waals surface area contributed by atoms with Gasteiger partial charge in [-0.25, -0.2) is 0 Å². The fourth-order valence-corrected chi connectivity index (χ4v) is 3.73. The molecule has 0 saturated carbocycles. The molecule has 148 valence electrons. The number of benzene rings is 1. The van der Waals surface area contributed by atoms with E-state index in [9.17, 15) is 14.7 Å². The van der Waals surface area contributed by atoms with Gasteiger partial charge in [-0.2, -0.15) is 0 Å². The van der Waals surface area contributed by atoms with Crippen molar-refractivity contribution in [1.29, 1.82) is 0 Å². The summed E-state index contributed by atoms with van der Waals surface area (Å²) in [6, 6.07) is 14.0. The number of carboxylic acids is 1. The molecule has 6 heteroatoms. The number of aryl methyl sites for hydroxylation is 1. The van der Waals surface area contributed by atoms with Crippen LogP contribution in [0.3, 0.4) is 0 Å². The Morgan fingerprint density at radius 2 is 1.75 bits per heavy atom. The van der Waals surface area contributed by atoms with Crippen molar-refractivity contribution in [3.8, 4) is 0 Å². The summed E-state index contributed by atoms with van der Waals surface area (Å²) in [6.45, 7) is 2.36. The van der Waals surface area contributed by atoms with E-state index in [2.05, 4.69) is 27.3 Å². The number of hydrogen-bond donors (Lipinski definition) is 2.